The van der Waals surface area contributed by atoms with Crippen LogP contribution in [0.3, 0.4) is 0 Å². The number of hydrogen-bond donors (Lipinski definition) is 0. The van der Waals surface area contributed by atoms with Crippen molar-refractivity contribution in [3.05, 3.63) is 0 Å². The quantitative estimate of drug-likeness (QED) is 0.356. The molecule has 0 radical (unpaired) electrons. The number of rotatable bonds is 7. The van der Waals surface area contributed by atoms with Gasteiger partial charge >= 0.3 is 6.16 Å². The van der Waals surface area contributed by atoms with Gasteiger partial charge in [0.05, 0.1) is 13.2 Å². The highest BCUT2D eigenvalue weighted by Crippen LogP contribution is 2.33. The summed E-state index contributed by atoms with van der Waals surface area (Å²) in [5.41, 5.74) is 0. The normalized spacial score (nSPS) is 26.3. The van der Waals surface area contributed by atoms with E-state index in [2.05, 4.69) is 0 Å². The molecule has 0 N–H and O–H groups in total. The molecule has 0 amide bonds. The molecule has 0 spiro atoms. The molecule has 1 atom stereocenters. The summed E-state index contributed by atoms with van der Waals surface area (Å²) in [6.07, 6.45) is 14.9. The maximum atomic E-state index is 11.4. The van der Waals surface area contributed by atoms with Gasteiger partial charge < -0.3 is 18.9 Å². The Labute approximate surface area is 152 Å². The first-order chi connectivity index (χ1) is 12.2. The van der Waals surface area contributed by atoms with Gasteiger partial charge in [-0.2, -0.15) is 0 Å². The molecule has 1 aliphatic carbocycles. The van der Waals surface area contributed by atoms with Crippen LogP contribution >= 0.6 is 0 Å². The van der Waals surface area contributed by atoms with Crippen LogP contribution in [0.25, 0.3) is 0 Å². The summed E-state index contributed by atoms with van der Waals surface area (Å²) in [6.45, 7) is 3.89. The van der Waals surface area contributed by atoms with Crippen LogP contribution in [0.15, 0.2) is 0 Å². The van der Waals surface area contributed by atoms with E-state index in [1.54, 1.807) is 6.92 Å². The van der Waals surface area contributed by atoms with Gasteiger partial charge in [0.1, 0.15) is 6.61 Å². The van der Waals surface area contributed by atoms with Gasteiger partial charge in [-0.3, -0.25) is 0 Å². The van der Waals surface area contributed by atoms with E-state index in [0.717, 1.165) is 6.61 Å². The summed E-state index contributed by atoms with van der Waals surface area (Å²) in [5, 5.41) is 0. The lowest BCUT2D eigenvalue weighted by molar-refractivity contribution is -0.0512. The third-order valence-electron chi connectivity index (χ3n) is 5.20. The molecule has 0 aromatic heterocycles. The summed E-state index contributed by atoms with van der Waals surface area (Å²) in [5.74, 6) is -0.125. The van der Waals surface area contributed by atoms with Gasteiger partial charge in [-0.05, 0) is 25.7 Å². The van der Waals surface area contributed by atoms with Crippen molar-refractivity contribution in [2.24, 2.45) is 5.92 Å². The van der Waals surface area contributed by atoms with Crippen LogP contribution in [0.2, 0.25) is 0 Å². The van der Waals surface area contributed by atoms with E-state index < -0.39 is 11.9 Å². The van der Waals surface area contributed by atoms with E-state index in [-0.39, 0.29) is 0 Å². The van der Waals surface area contributed by atoms with Crippen LogP contribution in [0, 0.1) is 5.92 Å². The summed E-state index contributed by atoms with van der Waals surface area (Å²) in [6, 6.07) is 0. The molecule has 5 nitrogen and oxygen atoms in total. The summed E-state index contributed by atoms with van der Waals surface area (Å²) >= 11 is 0. The van der Waals surface area contributed by atoms with Crippen LogP contribution in [0.1, 0.15) is 84.0 Å². The minimum absolute atomic E-state index is 0.313. The average Bonchev–Trinajstić information content (AvgIpc) is 3.33. The van der Waals surface area contributed by atoms with Crippen molar-refractivity contribution in [3.8, 4) is 0 Å². The minimum Gasteiger partial charge on any atom is -0.435 e. The SMILES string of the molecule is CCOC(=O)OC1(CCOCC2CCCCCCCCCCC2)CO1. The molecule has 0 bridgehead atoms. The Morgan fingerprint density at radius 2 is 1.56 bits per heavy atom. The number of carbonyl (C=O) groups is 1. The van der Waals surface area contributed by atoms with Crippen LogP contribution in [-0.2, 0) is 18.9 Å². The topological polar surface area (TPSA) is 57.3 Å². The Bertz CT molecular complexity index is 355. The van der Waals surface area contributed by atoms with Crippen LogP contribution in [0.4, 0.5) is 4.79 Å². The number of epoxide rings is 1. The summed E-state index contributed by atoms with van der Waals surface area (Å²) in [7, 11) is 0. The fourth-order valence-electron chi connectivity index (χ4n) is 3.53. The highest BCUT2D eigenvalue weighted by Gasteiger charge is 2.49. The number of hydrogen-bond acceptors (Lipinski definition) is 5. The molecular weight excluding hydrogens is 320 g/mol. The average molecular weight is 357 g/mol. The van der Waals surface area contributed by atoms with Crippen molar-refractivity contribution in [2.45, 2.75) is 89.8 Å². The number of ether oxygens (including phenoxy) is 4. The monoisotopic (exact) mass is 356 g/mol. The zero-order chi connectivity index (χ0) is 17.8. The minimum atomic E-state index is -0.793. The lowest BCUT2D eigenvalue weighted by Gasteiger charge is -2.19. The second-order valence-electron chi connectivity index (χ2n) is 7.43. The lowest BCUT2D eigenvalue weighted by atomic mass is 9.93. The van der Waals surface area contributed by atoms with Gasteiger partial charge in [0.25, 0.3) is 0 Å². The molecule has 1 heterocycles. The molecule has 1 unspecified atom stereocenters. The Balaban J connectivity index is 1.60. The molecule has 2 rings (SSSR count). The van der Waals surface area contributed by atoms with Crippen molar-refractivity contribution in [1.82, 2.24) is 0 Å². The van der Waals surface area contributed by atoms with Crippen molar-refractivity contribution >= 4 is 6.16 Å². The highest BCUT2D eigenvalue weighted by atomic mass is 16.8. The molecule has 146 valence electrons. The smallest absolute Gasteiger partial charge is 0.435 e. The predicted molar refractivity (Wildman–Crippen MR) is 96.5 cm³/mol. The van der Waals surface area contributed by atoms with Gasteiger partial charge in [0, 0.05) is 13.0 Å². The molecular formula is C20H36O5. The van der Waals surface area contributed by atoms with Crippen molar-refractivity contribution < 1.29 is 23.7 Å². The van der Waals surface area contributed by atoms with E-state index in [4.69, 9.17) is 18.9 Å². The van der Waals surface area contributed by atoms with Crippen LogP contribution < -0.4 is 0 Å². The molecule has 0 aromatic rings. The second kappa shape index (κ2) is 11.7. The Kier molecular flexibility index (Phi) is 9.63. The van der Waals surface area contributed by atoms with Crippen molar-refractivity contribution in [1.29, 1.82) is 0 Å². The standard InChI is InChI=1S/C20H36O5/c1-2-23-19(21)25-20(17-24-20)14-15-22-16-18-12-10-8-6-4-3-5-7-9-11-13-18/h18H,2-17H2,1H3. The molecule has 1 aliphatic heterocycles. The van der Waals surface area contributed by atoms with E-state index in [0.29, 0.717) is 32.2 Å². The van der Waals surface area contributed by atoms with Gasteiger partial charge in [-0.15, -0.1) is 0 Å². The first-order valence-corrected chi connectivity index (χ1v) is 10.3. The van der Waals surface area contributed by atoms with Gasteiger partial charge in [0.15, 0.2) is 0 Å². The van der Waals surface area contributed by atoms with Crippen LogP contribution in [-0.4, -0.2) is 38.4 Å². The fourth-order valence-corrected chi connectivity index (χ4v) is 3.53. The van der Waals surface area contributed by atoms with Crippen molar-refractivity contribution in [3.63, 3.8) is 0 Å². The Morgan fingerprint density at radius 1 is 1.00 bits per heavy atom. The largest absolute Gasteiger partial charge is 0.510 e. The van der Waals surface area contributed by atoms with E-state index >= 15 is 0 Å². The fraction of sp³-hybridized carbons (Fsp3) is 0.950. The first kappa shape index (κ1) is 20.5. The molecule has 0 aromatic carbocycles. The number of carbonyl (C=O) groups excluding carboxylic acids is 1. The van der Waals surface area contributed by atoms with Gasteiger partial charge in [0.2, 0.25) is 5.79 Å². The molecule has 5 heteroatoms. The maximum absolute atomic E-state index is 11.4. The van der Waals surface area contributed by atoms with Crippen LogP contribution in [0.5, 0.6) is 0 Å². The molecule has 25 heavy (non-hydrogen) atoms. The first-order valence-electron chi connectivity index (χ1n) is 10.3. The lowest BCUT2D eigenvalue weighted by Crippen LogP contribution is -2.24. The summed E-state index contributed by atoms with van der Waals surface area (Å²) in [4.78, 5) is 11.4. The molecule has 1 saturated heterocycles. The predicted octanol–water partition coefficient (Wildman–Crippen LogP) is 5.21. The third-order valence-corrected chi connectivity index (χ3v) is 5.20. The van der Waals surface area contributed by atoms with Gasteiger partial charge in [-0.1, -0.05) is 57.8 Å². The van der Waals surface area contributed by atoms with E-state index in [1.807, 2.05) is 0 Å². The molecule has 2 aliphatic rings. The maximum Gasteiger partial charge on any atom is 0.510 e. The third kappa shape index (κ3) is 8.91. The highest BCUT2D eigenvalue weighted by molar-refractivity contribution is 5.60. The Hall–Kier alpha value is -0.810. The Morgan fingerprint density at radius 3 is 2.08 bits per heavy atom. The zero-order valence-corrected chi connectivity index (χ0v) is 15.9. The molecule has 1 saturated carbocycles. The van der Waals surface area contributed by atoms with Crippen molar-refractivity contribution in [2.75, 3.05) is 26.4 Å². The molecule has 2 fully saturated rings. The second-order valence-corrected chi connectivity index (χ2v) is 7.43. The zero-order valence-electron chi connectivity index (χ0n) is 15.9. The van der Waals surface area contributed by atoms with Gasteiger partial charge in [-0.25, -0.2) is 4.79 Å². The van der Waals surface area contributed by atoms with E-state index in [9.17, 15) is 4.79 Å². The van der Waals surface area contributed by atoms with E-state index in [1.165, 1.54) is 70.6 Å². The summed E-state index contributed by atoms with van der Waals surface area (Å²) < 4.78 is 21.2.